The molecule has 0 aliphatic rings. The number of phenolic OH excluding ortho intramolecular Hbond substituents is 1. The fourth-order valence-electron chi connectivity index (χ4n) is 1.56. The Morgan fingerprint density at radius 3 is 2.47 bits per heavy atom. The predicted octanol–water partition coefficient (Wildman–Crippen LogP) is 0.485. The van der Waals surface area contributed by atoms with E-state index < -0.39 is 6.04 Å². The van der Waals surface area contributed by atoms with Gasteiger partial charge >= 0.3 is 0 Å². The number of hydrogen-bond acceptors (Lipinski definition) is 4. The van der Waals surface area contributed by atoms with Crippen molar-refractivity contribution in [3.8, 4) is 5.75 Å². The molecule has 0 saturated heterocycles. The van der Waals surface area contributed by atoms with Gasteiger partial charge in [-0.25, -0.2) is 0 Å². The van der Waals surface area contributed by atoms with Crippen LogP contribution in [0, 0.1) is 0 Å². The number of thiol groups is 1. The highest BCUT2D eigenvalue weighted by atomic mass is 32.1. The van der Waals surface area contributed by atoms with Gasteiger partial charge < -0.3 is 15.7 Å². The Hall–Kier alpha value is -1.69. The summed E-state index contributed by atoms with van der Waals surface area (Å²) in [4.78, 5) is 22.6. The van der Waals surface area contributed by atoms with Crippen molar-refractivity contribution in [3.63, 3.8) is 0 Å². The average molecular weight is 282 g/mol. The Morgan fingerprint density at radius 1 is 1.32 bits per heavy atom. The standard InChI is InChI=1S/C13H18N2O3S/c1-9(16)15-12(8-19)13(18)14-7-6-10-2-4-11(17)5-3-10/h2-5,12,17,19H,6-8H2,1H3,(H,14,18)(H,15,16). The van der Waals surface area contributed by atoms with Crippen LogP contribution in [0.5, 0.6) is 5.75 Å². The Kier molecular flexibility index (Phi) is 6.21. The summed E-state index contributed by atoms with van der Waals surface area (Å²) in [5.41, 5.74) is 1.01. The highest BCUT2D eigenvalue weighted by Gasteiger charge is 2.16. The molecule has 0 aromatic heterocycles. The summed E-state index contributed by atoms with van der Waals surface area (Å²) >= 11 is 4.03. The first-order chi connectivity index (χ1) is 9.02. The molecule has 1 unspecified atom stereocenters. The van der Waals surface area contributed by atoms with E-state index in [1.54, 1.807) is 24.3 Å². The van der Waals surface area contributed by atoms with Crippen LogP contribution in [0.1, 0.15) is 12.5 Å². The predicted molar refractivity (Wildman–Crippen MR) is 76.3 cm³/mol. The minimum absolute atomic E-state index is 0.216. The zero-order chi connectivity index (χ0) is 14.3. The summed E-state index contributed by atoms with van der Waals surface area (Å²) in [6.07, 6.45) is 0.658. The monoisotopic (exact) mass is 282 g/mol. The molecule has 1 rings (SSSR count). The van der Waals surface area contributed by atoms with Crippen molar-refractivity contribution in [3.05, 3.63) is 29.8 Å². The molecule has 0 heterocycles. The van der Waals surface area contributed by atoms with E-state index in [2.05, 4.69) is 23.3 Å². The molecule has 2 amide bonds. The average Bonchev–Trinajstić information content (AvgIpc) is 2.38. The molecule has 1 aromatic rings. The van der Waals surface area contributed by atoms with Gasteiger partial charge in [-0.15, -0.1) is 0 Å². The smallest absolute Gasteiger partial charge is 0.243 e. The molecule has 0 saturated carbocycles. The lowest BCUT2D eigenvalue weighted by atomic mass is 10.1. The Bertz CT molecular complexity index is 434. The number of carbonyl (C=O) groups excluding carboxylic acids is 2. The lowest BCUT2D eigenvalue weighted by molar-refractivity contribution is -0.127. The van der Waals surface area contributed by atoms with Gasteiger partial charge in [-0.3, -0.25) is 9.59 Å². The molecule has 1 atom stereocenters. The van der Waals surface area contributed by atoms with Gasteiger partial charge in [0.2, 0.25) is 11.8 Å². The van der Waals surface area contributed by atoms with Crippen molar-refractivity contribution in [2.75, 3.05) is 12.3 Å². The Balaban J connectivity index is 2.37. The molecule has 0 fully saturated rings. The minimum Gasteiger partial charge on any atom is -0.508 e. The van der Waals surface area contributed by atoms with E-state index in [1.807, 2.05) is 0 Å². The number of nitrogens with one attached hydrogen (secondary N) is 2. The number of carbonyl (C=O) groups is 2. The molecule has 5 nitrogen and oxygen atoms in total. The van der Waals surface area contributed by atoms with Crippen molar-refractivity contribution in [1.82, 2.24) is 10.6 Å². The van der Waals surface area contributed by atoms with Crippen LogP contribution in [0.2, 0.25) is 0 Å². The third-order valence-corrected chi connectivity index (χ3v) is 2.89. The van der Waals surface area contributed by atoms with Crippen LogP contribution >= 0.6 is 12.6 Å². The SMILES string of the molecule is CC(=O)NC(CS)C(=O)NCCc1ccc(O)cc1. The van der Waals surface area contributed by atoms with E-state index in [4.69, 9.17) is 5.11 Å². The van der Waals surface area contributed by atoms with E-state index in [9.17, 15) is 9.59 Å². The van der Waals surface area contributed by atoms with E-state index in [0.29, 0.717) is 13.0 Å². The molecule has 0 aliphatic carbocycles. The zero-order valence-corrected chi connectivity index (χ0v) is 11.6. The zero-order valence-electron chi connectivity index (χ0n) is 10.7. The quantitative estimate of drug-likeness (QED) is 0.573. The van der Waals surface area contributed by atoms with Crippen LogP contribution in [0.3, 0.4) is 0 Å². The van der Waals surface area contributed by atoms with Gasteiger partial charge in [0, 0.05) is 19.2 Å². The molecular formula is C13H18N2O3S. The largest absolute Gasteiger partial charge is 0.508 e. The fourth-order valence-corrected chi connectivity index (χ4v) is 1.81. The molecule has 0 spiro atoms. The summed E-state index contributed by atoms with van der Waals surface area (Å²) in [7, 11) is 0. The maximum Gasteiger partial charge on any atom is 0.243 e. The maximum absolute atomic E-state index is 11.7. The number of amides is 2. The molecule has 0 aliphatic heterocycles. The molecule has 1 aromatic carbocycles. The van der Waals surface area contributed by atoms with Gasteiger partial charge in [0.25, 0.3) is 0 Å². The second-order valence-electron chi connectivity index (χ2n) is 4.14. The molecule has 0 bridgehead atoms. The van der Waals surface area contributed by atoms with Crippen LogP contribution in [0.4, 0.5) is 0 Å². The van der Waals surface area contributed by atoms with Crippen LogP contribution in [0.15, 0.2) is 24.3 Å². The van der Waals surface area contributed by atoms with Gasteiger partial charge in [-0.05, 0) is 24.1 Å². The van der Waals surface area contributed by atoms with Gasteiger partial charge in [0.15, 0.2) is 0 Å². The van der Waals surface area contributed by atoms with Gasteiger partial charge in [0.05, 0.1) is 0 Å². The van der Waals surface area contributed by atoms with Crippen LogP contribution in [-0.2, 0) is 16.0 Å². The fraction of sp³-hybridized carbons (Fsp3) is 0.385. The second-order valence-corrected chi connectivity index (χ2v) is 4.51. The highest BCUT2D eigenvalue weighted by molar-refractivity contribution is 7.80. The molecular weight excluding hydrogens is 264 g/mol. The number of benzene rings is 1. The van der Waals surface area contributed by atoms with E-state index in [-0.39, 0.29) is 23.3 Å². The number of aromatic hydroxyl groups is 1. The van der Waals surface area contributed by atoms with Crippen molar-refractivity contribution in [2.24, 2.45) is 0 Å². The first kappa shape index (κ1) is 15.4. The van der Waals surface area contributed by atoms with Gasteiger partial charge in [-0.2, -0.15) is 12.6 Å². The third kappa shape index (κ3) is 5.65. The van der Waals surface area contributed by atoms with E-state index in [1.165, 1.54) is 6.92 Å². The summed E-state index contributed by atoms with van der Waals surface area (Å²) < 4.78 is 0. The van der Waals surface area contributed by atoms with E-state index >= 15 is 0 Å². The molecule has 19 heavy (non-hydrogen) atoms. The summed E-state index contributed by atoms with van der Waals surface area (Å²) in [6, 6.07) is 6.19. The molecule has 6 heteroatoms. The van der Waals surface area contributed by atoms with Crippen molar-refractivity contribution in [1.29, 1.82) is 0 Å². The number of phenols is 1. The maximum atomic E-state index is 11.7. The molecule has 104 valence electrons. The first-order valence-electron chi connectivity index (χ1n) is 5.96. The summed E-state index contributed by atoms with van der Waals surface area (Å²) in [5, 5.41) is 14.4. The van der Waals surface area contributed by atoms with Crippen LogP contribution < -0.4 is 10.6 Å². The lowest BCUT2D eigenvalue weighted by Gasteiger charge is -2.15. The third-order valence-electron chi connectivity index (χ3n) is 2.53. The Labute approximate surface area is 117 Å². The van der Waals surface area contributed by atoms with Crippen LogP contribution in [-0.4, -0.2) is 35.3 Å². The first-order valence-corrected chi connectivity index (χ1v) is 6.59. The minimum atomic E-state index is -0.611. The van der Waals surface area contributed by atoms with Crippen LogP contribution in [0.25, 0.3) is 0 Å². The van der Waals surface area contributed by atoms with Crippen molar-refractivity contribution >= 4 is 24.4 Å². The summed E-state index contributed by atoms with van der Waals surface area (Å²) in [5.74, 6) is -0.0322. The van der Waals surface area contributed by atoms with Gasteiger partial charge in [0.1, 0.15) is 11.8 Å². The van der Waals surface area contributed by atoms with Gasteiger partial charge in [-0.1, -0.05) is 12.1 Å². The van der Waals surface area contributed by atoms with Crippen molar-refractivity contribution in [2.45, 2.75) is 19.4 Å². The normalized spacial score (nSPS) is 11.7. The second kappa shape index (κ2) is 7.68. The highest BCUT2D eigenvalue weighted by Crippen LogP contribution is 2.09. The Morgan fingerprint density at radius 2 is 1.95 bits per heavy atom. The molecule has 0 radical (unpaired) electrons. The summed E-state index contributed by atoms with van der Waals surface area (Å²) in [6.45, 7) is 1.83. The number of hydrogen-bond donors (Lipinski definition) is 4. The molecule has 3 N–H and O–H groups in total. The number of rotatable bonds is 6. The lowest BCUT2D eigenvalue weighted by Crippen LogP contribution is -2.47. The van der Waals surface area contributed by atoms with E-state index in [0.717, 1.165) is 5.56 Å². The van der Waals surface area contributed by atoms with Crippen molar-refractivity contribution < 1.29 is 14.7 Å². The topological polar surface area (TPSA) is 78.4 Å².